The zero-order valence-corrected chi connectivity index (χ0v) is 11.6. The molecule has 0 bridgehead atoms. The molecule has 1 aromatic carbocycles. The number of hydrogen-bond donors (Lipinski definition) is 0. The topological polar surface area (TPSA) is 67.2 Å². The van der Waals surface area contributed by atoms with Crippen molar-refractivity contribution < 1.29 is 13.2 Å². The monoisotopic (exact) mass is 287 g/mol. The highest BCUT2D eigenvalue weighted by molar-refractivity contribution is 7.91. The van der Waals surface area contributed by atoms with E-state index in [9.17, 15) is 8.42 Å². The Balaban J connectivity index is 2.46. The van der Waals surface area contributed by atoms with Crippen LogP contribution >= 0.6 is 11.6 Å². The number of ether oxygens (including phenoxy) is 1. The molecule has 0 amide bonds. The third kappa shape index (κ3) is 4.55. The van der Waals surface area contributed by atoms with Crippen LogP contribution in [0.2, 0.25) is 5.02 Å². The van der Waals surface area contributed by atoms with E-state index in [0.29, 0.717) is 29.4 Å². The normalized spacial score (nSPS) is 10.9. The molecule has 0 heterocycles. The average molecular weight is 288 g/mol. The average Bonchev–Trinajstić information content (AvgIpc) is 2.35. The second-order valence-electron chi connectivity index (χ2n) is 3.69. The van der Waals surface area contributed by atoms with E-state index >= 15 is 0 Å². The third-order valence-electron chi connectivity index (χ3n) is 2.37. The summed E-state index contributed by atoms with van der Waals surface area (Å²) in [7, 11) is -2.94. The van der Waals surface area contributed by atoms with Crippen molar-refractivity contribution in [1.82, 2.24) is 0 Å². The molecular formula is C12H14ClNO3S. The first-order valence-corrected chi connectivity index (χ1v) is 7.71. The molecule has 1 aromatic rings. The highest BCUT2D eigenvalue weighted by atomic mass is 35.5. The summed E-state index contributed by atoms with van der Waals surface area (Å²) >= 11 is 5.84. The van der Waals surface area contributed by atoms with Crippen LogP contribution in [0.25, 0.3) is 0 Å². The fourth-order valence-corrected chi connectivity index (χ4v) is 2.35. The van der Waals surface area contributed by atoms with Gasteiger partial charge in [-0.2, -0.15) is 5.26 Å². The zero-order valence-electron chi connectivity index (χ0n) is 10.0. The van der Waals surface area contributed by atoms with Gasteiger partial charge in [0.2, 0.25) is 0 Å². The first kappa shape index (κ1) is 14.8. The van der Waals surface area contributed by atoms with Crippen LogP contribution in [0.4, 0.5) is 0 Å². The van der Waals surface area contributed by atoms with Crippen LogP contribution in [-0.4, -0.2) is 26.5 Å². The van der Waals surface area contributed by atoms with Gasteiger partial charge in [-0.25, -0.2) is 8.42 Å². The van der Waals surface area contributed by atoms with Gasteiger partial charge in [0, 0.05) is 11.8 Å². The number of hydrogen-bond acceptors (Lipinski definition) is 4. The molecule has 0 aliphatic carbocycles. The van der Waals surface area contributed by atoms with Gasteiger partial charge in [-0.3, -0.25) is 0 Å². The second-order valence-corrected chi connectivity index (χ2v) is 6.57. The van der Waals surface area contributed by atoms with Gasteiger partial charge in [-0.15, -0.1) is 0 Å². The van der Waals surface area contributed by atoms with Crippen molar-refractivity contribution in [3.63, 3.8) is 0 Å². The molecule has 0 spiro atoms. The molecule has 0 aliphatic heterocycles. The highest BCUT2D eigenvalue weighted by Crippen LogP contribution is 2.21. The largest absolute Gasteiger partial charge is 0.494 e. The molecule has 4 nitrogen and oxygen atoms in total. The van der Waals surface area contributed by atoms with Crippen LogP contribution in [0.3, 0.4) is 0 Å². The maximum absolute atomic E-state index is 11.2. The number of halogens is 1. The van der Waals surface area contributed by atoms with Crippen LogP contribution in [0.1, 0.15) is 18.9 Å². The summed E-state index contributed by atoms with van der Waals surface area (Å²) in [6, 6.07) is 6.71. The van der Waals surface area contributed by atoms with Gasteiger partial charge in [-0.1, -0.05) is 18.5 Å². The minimum absolute atomic E-state index is 0.119. The van der Waals surface area contributed by atoms with Gasteiger partial charge < -0.3 is 4.74 Å². The Morgan fingerprint density at radius 1 is 1.44 bits per heavy atom. The highest BCUT2D eigenvalue weighted by Gasteiger charge is 2.07. The number of benzene rings is 1. The van der Waals surface area contributed by atoms with E-state index in [1.165, 1.54) is 0 Å². The third-order valence-corrected chi connectivity index (χ3v) is 4.47. The van der Waals surface area contributed by atoms with Crippen molar-refractivity contribution in [2.75, 3.05) is 18.1 Å². The molecule has 0 saturated carbocycles. The van der Waals surface area contributed by atoms with Gasteiger partial charge in [0.15, 0.2) is 0 Å². The molecule has 0 unspecified atom stereocenters. The molecule has 0 N–H and O–H groups in total. The number of rotatable bonds is 6. The maximum Gasteiger partial charge on any atom is 0.150 e. The minimum atomic E-state index is -2.94. The summed E-state index contributed by atoms with van der Waals surface area (Å²) in [4.78, 5) is 0. The van der Waals surface area contributed by atoms with E-state index in [-0.39, 0.29) is 11.5 Å². The van der Waals surface area contributed by atoms with Gasteiger partial charge in [0.05, 0.1) is 22.9 Å². The quantitative estimate of drug-likeness (QED) is 0.754. The molecule has 98 valence electrons. The molecule has 0 saturated heterocycles. The molecule has 0 aliphatic rings. The Kier molecular flexibility index (Phi) is 5.45. The van der Waals surface area contributed by atoms with Gasteiger partial charge in [0.1, 0.15) is 21.7 Å². The van der Waals surface area contributed by atoms with Gasteiger partial charge in [0.25, 0.3) is 0 Å². The summed E-state index contributed by atoms with van der Waals surface area (Å²) in [5.74, 6) is 0.802. The van der Waals surface area contributed by atoms with Crippen molar-refractivity contribution >= 4 is 21.4 Å². The van der Waals surface area contributed by atoms with Crippen LogP contribution in [0.5, 0.6) is 5.75 Å². The first-order chi connectivity index (χ1) is 8.48. The Labute approximate surface area is 112 Å². The minimum Gasteiger partial charge on any atom is -0.494 e. The van der Waals surface area contributed by atoms with E-state index in [1.54, 1.807) is 25.1 Å². The molecule has 1 rings (SSSR count). The van der Waals surface area contributed by atoms with Crippen molar-refractivity contribution in [2.45, 2.75) is 13.3 Å². The molecule has 6 heteroatoms. The summed E-state index contributed by atoms with van der Waals surface area (Å²) in [5, 5.41) is 9.03. The van der Waals surface area contributed by atoms with Crippen LogP contribution in [0, 0.1) is 11.3 Å². The lowest BCUT2D eigenvalue weighted by Crippen LogP contribution is -2.11. The standard InChI is InChI=1S/C12H14ClNO3S/c1-2-18(15,16)7-3-6-17-11-5-4-10(9-14)12(13)8-11/h4-5,8H,2-3,6-7H2,1H3. The fraction of sp³-hybridized carbons (Fsp3) is 0.417. The Hall–Kier alpha value is -1.25. The van der Waals surface area contributed by atoms with Gasteiger partial charge in [-0.05, 0) is 18.6 Å². The Bertz CT molecular complexity index is 549. The van der Waals surface area contributed by atoms with Crippen molar-refractivity contribution in [3.05, 3.63) is 28.8 Å². The van der Waals surface area contributed by atoms with E-state index < -0.39 is 9.84 Å². The lowest BCUT2D eigenvalue weighted by atomic mass is 10.2. The predicted molar refractivity (Wildman–Crippen MR) is 70.6 cm³/mol. The van der Waals surface area contributed by atoms with Crippen LogP contribution < -0.4 is 4.74 Å². The molecule has 0 atom stereocenters. The summed E-state index contributed by atoms with van der Waals surface area (Å²) < 4.78 is 27.8. The molecule has 0 aromatic heterocycles. The van der Waals surface area contributed by atoms with Crippen LogP contribution in [-0.2, 0) is 9.84 Å². The fourth-order valence-electron chi connectivity index (χ4n) is 1.29. The van der Waals surface area contributed by atoms with E-state index in [0.717, 1.165) is 0 Å². The lowest BCUT2D eigenvalue weighted by molar-refractivity contribution is 0.317. The summed E-state index contributed by atoms with van der Waals surface area (Å²) in [5.41, 5.74) is 0.387. The maximum atomic E-state index is 11.2. The van der Waals surface area contributed by atoms with E-state index in [4.69, 9.17) is 21.6 Å². The predicted octanol–water partition coefficient (Wildman–Crippen LogP) is 2.42. The molecule has 18 heavy (non-hydrogen) atoms. The smallest absolute Gasteiger partial charge is 0.150 e. The molecule has 0 radical (unpaired) electrons. The van der Waals surface area contributed by atoms with Crippen molar-refractivity contribution in [2.24, 2.45) is 0 Å². The van der Waals surface area contributed by atoms with E-state index in [2.05, 4.69) is 0 Å². The first-order valence-electron chi connectivity index (χ1n) is 5.51. The number of sulfone groups is 1. The Morgan fingerprint density at radius 3 is 2.72 bits per heavy atom. The number of nitrogens with zero attached hydrogens (tertiary/aromatic N) is 1. The number of nitriles is 1. The van der Waals surface area contributed by atoms with Crippen molar-refractivity contribution in [1.29, 1.82) is 5.26 Å². The summed E-state index contributed by atoms with van der Waals surface area (Å²) in [6.45, 7) is 1.93. The summed E-state index contributed by atoms with van der Waals surface area (Å²) in [6.07, 6.45) is 0.438. The van der Waals surface area contributed by atoms with Crippen LogP contribution in [0.15, 0.2) is 18.2 Å². The lowest BCUT2D eigenvalue weighted by Gasteiger charge is -2.07. The van der Waals surface area contributed by atoms with Gasteiger partial charge >= 0.3 is 0 Å². The molecule has 0 fully saturated rings. The SMILES string of the molecule is CCS(=O)(=O)CCCOc1ccc(C#N)c(Cl)c1. The molecular weight excluding hydrogens is 274 g/mol. The second kappa shape index (κ2) is 6.62. The zero-order chi connectivity index (χ0) is 13.6. The van der Waals surface area contributed by atoms with Crippen molar-refractivity contribution in [3.8, 4) is 11.8 Å². The Morgan fingerprint density at radius 2 is 2.17 bits per heavy atom. The van der Waals surface area contributed by atoms with E-state index in [1.807, 2.05) is 6.07 Å².